The van der Waals surface area contributed by atoms with Crippen LogP contribution in [0, 0.1) is 10.1 Å². The van der Waals surface area contributed by atoms with Crippen LogP contribution < -0.4 is 5.32 Å². The van der Waals surface area contributed by atoms with Crippen molar-refractivity contribution in [2.75, 3.05) is 5.32 Å². The number of benzene rings is 2. The first-order chi connectivity index (χ1) is 12.0. The number of aromatic nitrogens is 1. The highest BCUT2D eigenvalue weighted by Gasteiger charge is 2.19. The number of nitro groups is 1. The number of non-ortho nitro benzene ring substituents is 1. The Hall–Kier alpha value is -3.68. The third kappa shape index (κ3) is 3.32. The summed E-state index contributed by atoms with van der Waals surface area (Å²) in [5, 5.41) is 23.1. The zero-order chi connectivity index (χ0) is 18.0. The molecule has 0 aliphatic rings. The number of amides is 1. The number of fused-ring (bicyclic) bond motifs is 1. The minimum absolute atomic E-state index is 0.113. The molecular weight excluding hydrogens is 326 g/mol. The first-order valence-electron chi connectivity index (χ1n) is 7.31. The van der Waals surface area contributed by atoms with E-state index in [9.17, 15) is 19.7 Å². The van der Waals surface area contributed by atoms with E-state index in [0.717, 1.165) is 0 Å². The lowest BCUT2D eigenvalue weighted by molar-refractivity contribution is -0.384. The maximum atomic E-state index is 12.5. The summed E-state index contributed by atoms with van der Waals surface area (Å²) in [7, 11) is 0. The number of anilines is 1. The van der Waals surface area contributed by atoms with E-state index in [2.05, 4.69) is 5.32 Å². The molecule has 1 heterocycles. The summed E-state index contributed by atoms with van der Waals surface area (Å²) in [5.74, 6) is -1.61. The second-order valence-electron chi connectivity index (χ2n) is 5.33. The lowest BCUT2D eigenvalue weighted by atomic mass is 10.2. The van der Waals surface area contributed by atoms with Crippen LogP contribution in [0.2, 0.25) is 0 Å². The van der Waals surface area contributed by atoms with Gasteiger partial charge >= 0.3 is 5.97 Å². The van der Waals surface area contributed by atoms with Gasteiger partial charge in [-0.05, 0) is 24.3 Å². The number of hydrogen-bond donors (Lipinski definition) is 2. The van der Waals surface area contributed by atoms with Crippen molar-refractivity contribution < 1.29 is 19.6 Å². The number of para-hydroxylation sites is 1. The van der Waals surface area contributed by atoms with Crippen LogP contribution in [0.4, 0.5) is 11.4 Å². The van der Waals surface area contributed by atoms with Gasteiger partial charge in [0.1, 0.15) is 12.2 Å². The predicted octanol–water partition coefficient (Wildman–Crippen LogP) is 2.89. The summed E-state index contributed by atoms with van der Waals surface area (Å²) in [5.41, 5.74) is 0.980. The summed E-state index contributed by atoms with van der Waals surface area (Å²) in [6, 6.07) is 14.2. The second-order valence-corrected chi connectivity index (χ2v) is 5.33. The van der Waals surface area contributed by atoms with Gasteiger partial charge in [0.05, 0.1) is 4.92 Å². The summed E-state index contributed by atoms with van der Waals surface area (Å²) >= 11 is 0. The molecule has 0 atom stereocenters. The van der Waals surface area contributed by atoms with Gasteiger partial charge in [0.2, 0.25) is 0 Å². The fourth-order valence-electron chi connectivity index (χ4n) is 2.58. The van der Waals surface area contributed by atoms with E-state index in [-0.39, 0.29) is 11.4 Å². The molecule has 1 aromatic heterocycles. The van der Waals surface area contributed by atoms with Gasteiger partial charge in [-0.3, -0.25) is 19.7 Å². The van der Waals surface area contributed by atoms with Gasteiger partial charge in [0.25, 0.3) is 11.6 Å². The van der Waals surface area contributed by atoms with Gasteiger partial charge in [-0.25, -0.2) is 0 Å². The zero-order valence-electron chi connectivity index (χ0n) is 12.9. The molecule has 0 radical (unpaired) electrons. The molecule has 2 aromatic carbocycles. The van der Waals surface area contributed by atoms with Crippen LogP contribution in [-0.4, -0.2) is 26.5 Å². The van der Waals surface area contributed by atoms with Crippen molar-refractivity contribution >= 4 is 34.2 Å². The Morgan fingerprint density at radius 2 is 1.84 bits per heavy atom. The van der Waals surface area contributed by atoms with Crippen LogP contribution in [0.3, 0.4) is 0 Å². The highest BCUT2D eigenvalue weighted by Crippen LogP contribution is 2.25. The molecule has 3 rings (SSSR count). The molecule has 0 saturated heterocycles. The van der Waals surface area contributed by atoms with Crippen LogP contribution in [-0.2, 0) is 11.3 Å². The number of hydrogen-bond acceptors (Lipinski definition) is 4. The normalized spacial score (nSPS) is 10.6. The Morgan fingerprint density at radius 1 is 1.12 bits per heavy atom. The predicted molar refractivity (Wildman–Crippen MR) is 90.6 cm³/mol. The molecule has 1 amide bonds. The minimum atomic E-state index is -1.12. The van der Waals surface area contributed by atoms with Crippen LogP contribution in [0.1, 0.15) is 10.5 Å². The molecule has 0 aliphatic heterocycles. The first-order valence-corrected chi connectivity index (χ1v) is 7.31. The Morgan fingerprint density at radius 3 is 2.48 bits per heavy atom. The first kappa shape index (κ1) is 16.2. The molecule has 3 aromatic rings. The van der Waals surface area contributed by atoms with E-state index in [1.807, 2.05) is 0 Å². The van der Waals surface area contributed by atoms with Gasteiger partial charge in [-0.2, -0.15) is 0 Å². The number of carboxylic acid groups (broad SMARTS) is 1. The van der Waals surface area contributed by atoms with Crippen LogP contribution in [0.5, 0.6) is 0 Å². The molecule has 8 heteroatoms. The molecule has 25 heavy (non-hydrogen) atoms. The topological polar surface area (TPSA) is 114 Å². The number of nitrogens with zero attached hydrogens (tertiary/aromatic N) is 2. The quantitative estimate of drug-likeness (QED) is 0.548. The third-order valence-electron chi connectivity index (χ3n) is 3.65. The highest BCUT2D eigenvalue weighted by molar-refractivity contribution is 6.07. The van der Waals surface area contributed by atoms with Crippen LogP contribution in [0.15, 0.2) is 54.6 Å². The van der Waals surface area contributed by atoms with Gasteiger partial charge in [-0.15, -0.1) is 0 Å². The Bertz CT molecular complexity index is 979. The van der Waals surface area contributed by atoms with Crippen molar-refractivity contribution in [2.45, 2.75) is 6.54 Å². The maximum Gasteiger partial charge on any atom is 0.323 e. The monoisotopic (exact) mass is 339 g/mol. The number of nitro benzene ring substituents is 1. The fourth-order valence-corrected chi connectivity index (χ4v) is 2.58. The van der Waals surface area contributed by atoms with E-state index in [4.69, 9.17) is 5.11 Å². The largest absolute Gasteiger partial charge is 0.480 e. The van der Waals surface area contributed by atoms with Crippen molar-refractivity contribution in [3.8, 4) is 0 Å². The summed E-state index contributed by atoms with van der Waals surface area (Å²) < 4.78 is 1.32. The van der Waals surface area contributed by atoms with Crippen molar-refractivity contribution in [3.63, 3.8) is 0 Å². The number of rotatable bonds is 5. The SMILES string of the molecule is O=C(O)Cn1c(C(=O)Nc2ccccc2)cc2cc([N+](=O)[O-])ccc21. The number of carbonyl (C=O) groups excluding carboxylic acids is 1. The standard InChI is InChI=1S/C17H13N3O5/c21-16(22)10-19-14-7-6-13(20(24)25)8-11(14)9-15(19)17(23)18-12-4-2-1-3-5-12/h1-9H,10H2,(H,18,23)(H,21,22). The van der Waals surface area contributed by atoms with Crippen molar-refractivity contribution in [3.05, 3.63) is 70.4 Å². The molecule has 0 bridgehead atoms. The highest BCUT2D eigenvalue weighted by atomic mass is 16.6. The number of aliphatic carboxylic acids is 1. The molecule has 126 valence electrons. The number of carbonyl (C=O) groups is 2. The van der Waals surface area contributed by atoms with Crippen molar-refractivity contribution in [1.29, 1.82) is 0 Å². The molecule has 0 fully saturated rings. The Balaban J connectivity index is 2.07. The van der Waals surface area contributed by atoms with Crippen LogP contribution in [0.25, 0.3) is 10.9 Å². The molecular formula is C17H13N3O5. The van der Waals surface area contributed by atoms with Crippen molar-refractivity contribution in [1.82, 2.24) is 4.57 Å². The summed E-state index contributed by atoms with van der Waals surface area (Å²) in [4.78, 5) is 34.1. The summed E-state index contributed by atoms with van der Waals surface area (Å²) in [6.45, 7) is -0.432. The van der Waals surface area contributed by atoms with Gasteiger partial charge in [0, 0.05) is 28.7 Å². The number of carboxylic acids is 1. The molecule has 0 unspecified atom stereocenters. The molecule has 2 N–H and O–H groups in total. The van der Waals surface area contributed by atoms with E-state index >= 15 is 0 Å². The van der Waals surface area contributed by atoms with Crippen LogP contribution >= 0.6 is 0 Å². The molecule has 0 aliphatic carbocycles. The molecule has 8 nitrogen and oxygen atoms in total. The number of nitrogens with one attached hydrogen (secondary N) is 1. The lowest BCUT2D eigenvalue weighted by Crippen LogP contribution is -2.19. The Kier molecular flexibility index (Phi) is 4.17. The molecule has 0 spiro atoms. The van der Waals surface area contributed by atoms with E-state index in [0.29, 0.717) is 16.6 Å². The molecule has 0 saturated carbocycles. The average molecular weight is 339 g/mol. The lowest BCUT2D eigenvalue weighted by Gasteiger charge is -2.09. The second kappa shape index (κ2) is 6.44. The summed E-state index contributed by atoms with van der Waals surface area (Å²) in [6.07, 6.45) is 0. The van der Waals surface area contributed by atoms with Gasteiger partial charge in [-0.1, -0.05) is 18.2 Å². The van der Waals surface area contributed by atoms with E-state index in [1.54, 1.807) is 30.3 Å². The van der Waals surface area contributed by atoms with Gasteiger partial charge in [0.15, 0.2) is 0 Å². The van der Waals surface area contributed by atoms with E-state index < -0.39 is 23.3 Å². The van der Waals surface area contributed by atoms with E-state index in [1.165, 1.54) is 28.8 Å². The smallest absolute Gasteiger partial charge is 0.323 e. The third-order valence-corrected chi connectivity index (χ3v) is 3.65. The zero-order valence-corrected chi connectivity index (χ0v) is 12.9. The fraction of sp³-hybridized carbons (Fsp3) is 0.0588. The minimum Gasteiger partial charge on any atom is -0.480 e. The Labute approximate surface area is 141 Å². The maximum absolute atomic E-state index is 12.5. The van der Waals surface area contributed by atoms with Crippen molar-refractivity contribution in [2.24, 2.45) is 0 Å². The van der Waals surface area contributed by atoms with Gasteiger partial charge < -0.3 is 15.0 Å². The average Bonchev–Trinajstić information content (AvgIpc) is 2.93.